The minimum Gasteiger partial charge on any atom is -0.497 e. The van der Waals surface area contributed by atoms with Crippen LogP contribution >= 0.6 is 15.9 Å². The summed E-state index contributed by atoms with van der Waals surface area (Å²) in [6.07, 6.45) is 3.26. The van der Waals surface area contributed by atoms with Crippen LogP contribution in [0.25, 0.3) is 6.08 Å². The van der Waals surface area contributed by atoms with Crippen LogP contribution in [0.15, 0.2) is 46.9 Å². The van der Waals surface area contributed by atoms with E-state index in [0.29, 0.717) is 17.1 Å². The Balaban J connectivity index is 2.23. The molecular formula is C18H17BrO4. The summed E-state index contributed by atoms with van der Waals surface area (Å²) in [6.45, 7) is 0. The van der Waals surface area contributed by atoms with Gasteiger partial charge in [-0.3, -0.25) is 4.79 Å². The van der Waals surface area contributed by atoms with Crippen molar-refractivity contribution in [3.05, 3.63) is 58.1 Å². The first kappa shape index (κ1) is 17.1. The summed E-state index contributed by atoms with van der Waals surface area (Å²) in [5, 5.41) is 0. The molecule has 0 saturated carbocycles. The minimum atomic E-state index is -0.142. The zero-order chi connectivity index (χ0) is 16.8. The van der Waals surface area contributed by atoms with Gasteiger partial charge in [-0.05, 0) is 51.8 Å². The zero-order valence-electron chi connectivity index (χ0n) is 13.1. The monoisotopic (exact) mass is 376 g/mol. The Hall–Kier alpha value is -2.27. The summed E-state index contributed by atoms with van der Waals surface area (Å²) in [4.78, 5) is 12.4. The van der Waals surface area contributed by atoms with Crippen molar-refractivity contribution < 1.29 is 19.0 Å². The molecular weight excluding hydrogens is 360 g/mol. The molecule has 0 unspecified atom stereocenters. The second-order valence-corrected chi connectivity index (χ2v) is 5.51. The molecule has 0 heterocycles. The molecule has 0 bridgehead atoms. The summed E-state index contributed by atoms with van der Waals surface area (Å²) < 4.78 is 16.4. The number of carbonyl (C=O) groups excluding carboxylic acids is 1. The van der Waals surface area contributed by atoms with E-state index in [1.165, 1.54) is 13.2 Å². The van der Waals surface area contributed by atoms with Gasteiger partial charge in [0.05, 0.1) is 31.4 Å². The lowest BCUT2D eigenvalue weighted by molar-refractivity contribution is 0.104. The Morgan fingerprint density at radius 2 is 1.70 bits per heavy atom. The summed E-state index contributed by atoms with van der Waals surface area (Å²) in [6, 6.07) is 10.7. The molecule has 0 amide bonds. The van der Waals surface area contributed by atoms with Gasteiger partial charge in [-0.25, -0.2) is 0 Å². The molecule has 0 aliphatic carbocycles. The van der Waals surface area contributed by atoms with Crippen LogP contribution in [0, 0.1) is 0 Å². The maximum Gasteiger partial charge on any atom is 0.189 e. The molecule has 120 valence electrons. The van der Waals surface area contributed by atoms with E-state index in [2.05, 4.69) is 15.9 Å². The molecule has 2 aromatic rings. The van der Waals surface area contributed by atoms with Crippen molar-refractivity contribution >= 4 is 27.8 Å². The SMILES string of the molecule is COc1ccc(C(=O)C=Cc2ccc(OC)c(Br)c2)c(OC)c1. The van der Waals surface area contributed by atoms with Gasteiger partial charge >= 0.3 is 0 Å². The molecule has 0 spiro atoms. The lowest BCUT2D eigenvalue weighted by Gasteiger charge is -2.08. The maximum atomic E-state index is 12.4. The molecule has 0 N–H and O–H groups in total. The van der Waals surface area contributed by atoms with Gasteiger partial charge in [0.25, 0.3) is 0 Å². The Kier molecular flexibility index (Phi) is 5.82. The fraction of sp³-hybridized carbons (Fsp3) is 0.167. The number of ketones is 1. The Morgan fingerprint density at radius 1 is 0.957 bits per heavy atom. The molecule has 0 aliphatic rings. The molecule has 0 aliphatic heterocycles. The predicted molar refractivity (Wildman–Crippen MR) is 93.6 cm³/mol. The molecule has 4 nitrogen and oxygen atoms in total. The van der Waals surface area contributed by atoms with Crippen LogP contribution in [0.3, 0.4) is 0 Å². The standard InChI is InChI=1S/C18H17BrO4/c1-21-13-6-7-14(18(11-13)23-3)16(20)8-4-12-5-9-17(22-2)15(19)10-12/h4-11H,1-3H3. The third kappa shape index (κ3) is 4.13. The van der Waals surface area contributed by atoms with Crippen molar-refractivity contribution in [1.29, 1.82) is 0 Å². The van der Waals surface area contributed by atoms with Crippen LogP contribution in [-0.4, -0.2) is 27.1 Å². The van der Waals surface area contributed by atoms with Gasteiger partial charge in [-0.1, -0.05) is 12.1 Å². The highest BCUT2D eigenvalue weighted by atomic mass is 79.9. The second kappa shape index (κ2) is 7.83. The minimum absolute atomic E-state index is 0.142. The topological polar surface area (TPSA) is 44.8 Å². The summed E-state index contributed by atoms with van der Waals surface area (Å²) >= 11 is 3.42. The first-order valence-corrected chi connectivity index (χ1v) is 7.66. The highest BCUT2D eigenvalue weighted by Gasteiger charge is 2.11. The molecule has 0 saturated heterocycles. The van der Waals surface area contributed by atoms with Gasteiger partial charge in [0.2, 0.25) is 0 Å². The van der Waals surface area contributed by atoms with E-state index in [4.69, 9.17) is 14.2 Å². The van der Waals surface area contributed by atoms with Gasteiger partial charge in [-0.15, -0.1) is 0 Å². The number of ether oxygens (including phenoxy) is 3. The predicted octanol–water partition coefficient (Wildman–Crippen LogP) is 4.37. The normalized spacial score (nSPS) is 10.6. The number of hydrogen-bond acceptors (Lipinski definition) is 4. The van der Waals surface area contributed by atoms with Crippen LogP contribution in [0.2, 0.25) is 0 Å². The van der Waals surface area contributed by atoms with Crippen molar-refractivity contribution in [2.24, 2.45) is 0 Å². The third-order valence-electron chi connectivity index (χ3n) is 3.28. The van der Waals surface area contributed by atoms with Gasteiger partial charge in [0.15, 0.2) is 5.78 Å². The van der Waals surface area contributed by atoms with Gasteiger partial charge in [0.1, 0.15) is 17.2 Å². The molecule has 23 heavy (non-hydrogen) atoms. The van der Waals surface area contributed by atoms with E-state index < -0.39 is 0 Å². The molecule has 0 radical (unpaired) electrons. The number of halogens is 1. The fourth-order valence-electron chi connectivity index (χ4n) is 2.05. The first-order chi connectivity index (χ1) is 11.1. The summed E-state index contributed by atoms with van der Waals surface area (Å²) in [5.74, 6) is 1.72. The molecule has 5 heteroatoms. The Bertz CT molecular complexity index is 738. The lowest BCUT2D eigenvalue weighted by atomic mass is 10.1. The van der Waals surface area contributed by atoms with Crippen LogP contribution in [0.1, 0.15) is 15.9 Å². The third-order valence-corrected chi connectivity index (χ3v) is 3.90. The van der Waals surface area contributed by atoms with Crippen LogP contribution in [0.5, 0.6) is 17.2 Å². The van der Waals surface area contributed by atoms with E-state index in [-0.39, 0.29) is 5.78 Å². The van der Waals surface area contributed by atoms with Crippen molar-refractivity contribution in [1.82, 2.24) is 0 Å². The van der Waals surface area contributed by atoms with E-state index in [1.807, 2.05) is 18.2 Å². The number of hydrogen-bond donors (Lipinski definition) is 0. The summed E-state index contributed by atoms with van der Waals surface area (Å²) in [5.41, 5.74) is 1.37. The van der Waals surface area contributed by atoms with E-state index in [0.717, 1.165) is 15.8 Å². The quantitative estimate of drug-likeness (QED) is 0.554. The van der Waals surface area contributed by atoms with Crippen molar-refractivity contribution in [2.45, 2.75) is 0 Å². The molecule has 2 aromatic carbocycles. The van der Waals surface area contributed by atoms with Crippen molar-refractivity contribution in [3.8, 4) is 17.2 Å². The number of methoxy groups -OCH3 is 3. The highest BCUT2D eigenvalue weighted by molar-refractivity contribution is 9.10. The zero-order valence-corrected chi connectivity index (χ0v) is 14.7. The highest BCUT2D eigenvalue weighted by Crippen LogP contribution is 2.27. The van der Waals surface area contributed by atoms with Crippen molar-refractivity contribution in [3.63, 3.8) is 0 Å². The largest absolute Gasteiger partial charge is 0.497 e. The van der Waals surface area contributed by atoms with Gasteiger partial charge in [-0.2, -0.15) is 0 Å². The molecule has 0 aromatic heterocycles. The van der Waals surface area contributed by atoms with Crippen LogP contribution in [0.4, 0.5) is 0 Å². The Morgan fingerprint density at radius 3 is 2.30 bits per heavy atom. The number of carbonyl (C=O) groups is 1. The van der Waals surface area contributed by atoms with Gasteiger partial charge in [0, 0.05) is 6.07 Å². The maximum absolute atomic E-state index is 12.4. The fourth-order valence-corrected chi connectivity index (χ4v) is 2.61. The van der Waals surface area contributed by atoms with E-state index in [1.54, 1.807) is 38.5 Å². The average molecular weight is 377 g/mol. The number of rotatable bonds is 6. The smallest absolute Gasteiger partial charge is 0.189 e. The Labute approximate surface area is 143 Å². The molecule has 0 atom stereocenters. The number of allylic oxidation sites excluding steroid dienone is 1. The van der Waals surface area contributed by atoms with Crippen LogP contribution < -0.4 is 14.2 Å². The van der Waals surface area contributed by atoms with Crippen LogP contribution in [-0.2, 0) is 0 Å². The summed E-state index contributed by atoms with van der Waals surface area (Å²) in [7, 11) is 4.70. The first-order valence-electron chi connectivity index (χ1n) is 6.87. The molecule has 0 fully saturated rings. The van der Waals surface area contributed by atoms with Crippen molar-refractivity contribution in [2.75, 3.05) is 21.3 Å². The second-order valence-electron chi connectivity index (χ2n) is 4.66. The number of benzene rings is 2. The lowest BCUT2D eigenvalue weighted by Crippen LogP contribution is -1.99. The van der Waals surface area contributed by atoms with E-state index in [9.17, 15) is 4.79 Å². The van der Waals surface area contributed by atoms with Gasteiger partial charge < -0.3 is 14.2 Å². The molecule has 2 rings (SSSR count). The average Bonchev–Trinajstić information content (AvgIpc) is 2.59. The van der Waals surface area contributed by atoms with E-state index >= 15 is 0 Å².